The number of hydrogen-bond donors (Lipinski definition) is 0. The first-order valence-corrected chi connectivity index (χ1v) is 12.1. The first-order valence-electron chi connectivity index (χ1n) is 11.8. The van der Waals surface area contributed by atoms with Gasteiger partial charge in [0.05, 0.1) is 11.1 Å². The SMILES string of the molecule is O=C(/C=C/c1ccc(F)c(Cl)c1)N1CCC(=O)N(CCCN2CCC(n3cncn3)CC2)CC1. The molecule has 1 aromatic carbocycles. The summed E-state index contributed by atoms with van der Waals surface area (Å²) in [6, 6.07) is 4.73. The maximum absolute atomic E-state index is 13.3. The molecule has 3 heterocycles. The minimum absolute atomic E-state index is 0.0187. The smallest absolute Gasteiger partial charge is 0.246 e. The van der Waals surface area contributed by atoms with Gasteiger partial charge in [-0.15, -0.1) is 0 Å². The van der Waals surface area contributed by atoms with E-state index >= 15 is 0 Å². The first-order chi connectivity index (χ1) is 16.5. The Morgan fingerprint density at radius 2 is 1.97 bits per heavy atom. The second kappa shape index (κ2) is 11.6. The molecule has 2 fully saturated rings. The van der Waals surface area contributed by atoms with Crippen molar-refractivity contribution in [1.82, 2.24) is 29.5 Å². The number of benzene rings is 1. The lowest BCUT2D eigenvalue weighted by Gasteiger charge is -2.32. The van der Waals surface area contributed by atoms with Crippen molar-refractivity contribution >= 4 is 29.5 Å². The molecule has 2 aromatic rings. The van der Waals surface area contributed by atoms with Crippen molar-refractivity contribution in [3.8, 4) is 0 Å². The molecule has 0 atom stereocenters. The number of rotatable bonds is 7. The summed E-state index contributed by atoms with van der Waals surface area (Å²) in [5, 5.41) is 4.27. The fraction of sp³-hybridized carbons (Fsp3) is 0.500. The van der Waals surface area contributed by atoms with Gasteiger partial charge >= 0.3 is 0 Å². The highest BCUT2D eigenvalue weighted by Crippen LogP contribution is 2.21. The average molecular weight is 489 g/mol. The van der Waals surface area contributed by atoms with Gasteiger partial charge in [-0.25, -0.2) is 14.1 Å². The summed E-state index contributed by atoms with van der Waals surface area (Å²) in [5.74, 6) is -0.563. The molecule has 2 aliphatic heterocycles. The molecule has 0 bridgehead atoms. The van der Waals surface area contributed by atoms with Crippen LogP contribution >= 0.6 is 11.6 Å². The fourth-order valence-corrected chi connectivity index (χ4v) is 4.70. The van der Waals surface area contributed by atoms with Crippen LogP contribution in [-0.4, -0.2) is 87.1 Å². The van der Waals surface area contributed by atoms with Crippen LogP contribution < -0.4 is 0 Å². The Hall–Kier alpha value is -2.78. The van der Waals surface area contributed by atoms with Gasteiger partial charge in [0.15, 0.2) is 0 Å². The van der Waals surface area contributed by atoms with Crippen LogP contribution in [0.15, 0.2) is 36.9 Å². The minimum Gasteiger partial charge on any atom is -0.341 e. The van der Waals surface area contributed by atoms with Gasteiger partial charge in [0.1, 0.15) is 18.5 Å². The van der Waals surface area contributed by atoms with E-state index in [0.717, 1.165) is 38.9 Å². The van der Waals surface area contributed by atoms with Crippen LogP contribution in [0.2, 0.25) is 5.02 Å². The van der Waals surface area contributed by atoms with E-state index in [2.05, 4.69) is 15.0 Å². The number of aromatic nitrogens is 3. The molecule has 0 radical (unpaired) electrons. The zero-order chi connectivity index (χ0) is 23.9. The maximum Gasteiger partial charge on any atom is 0.246 e. The highest BCUT2D eigenvalue weighted by molar-refractivity contribution is 6.30. The van der Waals surface area contributed by atoms with E-state index in [4.69, 9.17) is 11.6 Å². The van der Waals surface area contributed by atoms with Crippen LogP contribution in [0.4, 0.5) is 4.39 Å². The summed E-state index contributed by atoms with van der Waals surface area (Å²) in [5.41, 5.74) is 0.651. The van der Waals surface area contributed by atoms with Gasteiger partial charge in [-0.05, 0) is 49.6 Å². The van der Waals surface area contributed by atoms with E-state index in [1.807, 2.05) is 9.58 Å². The molecule has 2 saturated heterocycles. The van der Waals surface area contributed by atoms with Gasteiger partial charge < -0.3 is 14.7 Å². The molecule has 1 aromatic heterocycles. The molecule has 2 aliphatic rings. The van der Waals surface area contributed by atoms with Crippen molar-refractivity contribution in [2.24, 2.45) is 0 Å². The first kappa shape index (κ1) is 24.3. The summed E-state index contributed by atoms with van der Waals surface area (Å²) in [6.45, 7) is 5.14. The van der Waals surface area contributed by atoms with Crippen LogP contribution in [-0.2, 0) is 9.59 Å². The van der Waals surface area contributed by atoms with Crippen molar-refractivity contribution < 1.29 is 14.0 Å². The molecule has 0 unspecified atom stereocenters. The summed E-state index contributed by atoms with van der Waals surface area (Å²) in [4.78, 5) is 35.2. The van der Waals surface area contributed by atoms with Crippen molar-refractivity contribution in [3.63, 3.8) is 0 Å². The molecule has 10 heteroatoms. The van der Waals surface area contributed by atoms with E-state index in [1.54, 1.807) is 29.7 Å². The summed E-state index contributed by atoms with van der Waals surface area (Å²) >= 11 is 5.79. The van der Waals surface area contributed by atoms with Crippen LogP contribution in [0.3, 0.4) is 0 Å². The van der Waals surface area contributed by atoms with E-state index < -0.39 is 5.82 Å². The van der Waals surface area contributed by atoms with Crippen molar-refractivity contribution in [3.05, 3.63) is 53.3 Å². The van der Waals surface area contributed by atoms with Crippen LogP contribution in [0.25, 0.3) is 6.08 Å². The Morgan fingerprint density at radius 3 is 2.71 bits per heavy atom. The van der Waals surface area contributed by atoms with E-state index in [9.17, 15) is 14.0 Å². The zero-order valence-electron chi connectivity index (χ0n) is 19.2. The molecule has 8 nitrogen and oxygen atoms in total. The van der Waals surface area contributed by atoms with Crippen molar-refractivity contribution in [2.45, 2.75) is 31.7 Å². The van der Waals surface area contributed by atoms with Gasteiger partial charge in [0.25, 0.3) is 0 Å². The zero-order valence-corrected chi connectivity index (χ0v) is 19.9. The standard InChI is InChI=1S/C24H30ClFN6O2/c25-21-16-19(2-4-22(21)26)3-5-23(33)31-13-8-24(34)30(14-15-31)10-1-9-29-11-6-20(7-12-29)32-18-27-17-28-32/h2-5,16-18,20H,1,6-15H2/b5-3+. The largest absolute Gasteiger partial charge is 0.341 e. The van der Waals surface area contributed by atoms with Gasteiger partial charge in [-0.1, -0.05) is 17.7 Å². The fourth-order valence-electron chi connectivity index (χ4n) is 4.51. The summed E-state index contributed by atoms with van der Waals surface area (Å²) in [6.07, 6.45) is 9.78. The van der Waals surface area contributed by atoms with Gasteiger partial charge in [0, 0.05) is 51.8 Å². The van der Waals surface area contributed by atoms with Crippen LogP contribution in [0.1, 0.15) is 37.3 Å². The molecular weight excluding hydrogens is 459 g/mol. The highest BCUT2D eigenvalue weighted by atomic mass is 35.5. The predicted molar refractivity (Wildman–Crippen MR) is 128 cm³/mol. The number of amides is 2. The Morgan fingerprint density at radius 1 is 1.15 bits per heavy atom. The normalized spacial score (nSPS) is 18.6. The number of halogens is 2. The molecule has 2 amide bonds. The molecular formula is C24H30ClFN6O2. The van der Waals surface area contributed by atoms with E-state index in [1.165, 1.54) is 18.2 Å². The summed E-state index contributed by atoms with van der Waals surface area (Å²) < 4.78 is 15.2. The number of carbonyl (C=O) groups excluding carboxylic acids is 2. The number of nitrogens with zero attached hydrogens (tertiary/aromatic N) is 6. The molecule has 182 valence electrons. The Kier molecular flexibility index (Phi) is 8.29. The monoisotopic (exact) mass is 488 g/mol. The number of hydrogen-bond acceptors (Lipinski definition) is 5. The number of carbonyl (C=O) groups is 2. The lowest BCUT2D eigenvalue weighted by atomic mass is 10.1. The van der Waals surface area contributed by atoms with E-state index in [-0.39, 0.29) is 16.8 Å². The predicted octanol–water partition coefficient (Wildman–Crippen LogP) is 2.87. The Bertz CT molecular complexity index is 1010. The van der Waals surface area contributed by atoms with Crippen molar-refractivity contribution in [2.75, 3.05) is 45.8 Å². The third kappa shape index (κ3) is 6.42. The molecule has 0 spiro atoms. The molecule has 4 rings (SSSR count). The lowest BCUT2D eigenvalue weighted by molar-refractivity contribution is -0.130. The van der Waals surface area contributed by atoms with Crippen LogP contribution in [0, 0.1) is 5.82 Å². The highest BCUT2D eigenvalue weighted by Gasteiger charge is 2.24. The summed E-state index contributed by atoms with van der Waals surface area (Å²) in [7, 11) is 0. The second-order valence-corrected chi connectivity index (χ2v) is 9.17. The minimum atomic E-state index is -0.493. The number of piperidine rings is 1. The third-order valence-corrected chi connectivity index (χ3v) is 6.82. The lowest BCUT2D eigenvalue weighted by Crippen LogP contribution is -2.39. The topological polar surface area (TPSA) is 74.6 Å². The molecule has 0 N–H and O–H groups in total. The van der Waals surface area contributed by atoms with Crippen molar-refractivity contribution in [1.29, 1.82) is 0 Å². The molecule has 0 aliphatic carbocycles. The van der Waals surface area contributed by atoms with Crippen LogP contribution in [0.5, 0.6) is 0 Å². The third-order valence-electron chi connectivity index (χ3n) is 6.53. The number of likely N-dealkylation sites (tertiary alicyclic amines) is 1. The molecule has 34 heavy (non-hydrogen) atoms. The average Bonchev–Trinajstić information content (AvgIpc) is 3.32. The maximum atomic E-state index is 13.3. The molecule has 0 saturated carbocycles. The second-order valence-electron chi connectivity index (χ2n) is 8.76. The van der Waals surface area contributed by atoms with Gasteiger partial charge in [-0.3, -0.25) is 9.59 Å². The van der Waals surface area contributed by atoms with Gasteiger partial charge in [-0.2, -0.15) is 5.10 Å². The van der Waals surface area contributed by atoms with Gasteiger partial charge in [0.2, 0.25) is 11.8 Å². The van der Waals surface area contributed by atoms with E-state index in [0.29, 0.717) is 44.2 Å². The Labute approximate surface area is 204 Å². The Balaban J connectivity index is 1.19. The quantitative estimate of drug-likeness (QED) is 0.560.